The maximum Gasteiger partial charge on any atom is 0.338 e. The van der Waals surface area contributed by atoms with Crippen LogP contribution in [0.3, 0.4) is 0 Å². The first-order valence-corrected chi connectivity index (χ1v) is 11.8. The molecule has 1 heterocycles. The van der Waals surface area contributed by atoms with E-state index >= 15 is 0 Å². The summed E-state index contributed by atoms with van der Waals surface area (Å²) in [6, 6.07) is 27.6. The molecular formula is C31H25FO4. The number of fused-ring (bicyclic) bond motifs is 1. The Balaban J connectivity index is 1.37. The van der Waals surface area contributed by atoms with E-state index in [-0.39, 0.29) is 12.2 Å². The van der Waals surface area contributed by atoms with Gasteiger partial charge in [-0.15, -0.1) is 0 Å². The Morgan fingerprint density at radius 3 is 2.39 bits per heavy atom. The fourth-order valence-electron chi connectivity index (χ4n) is 4.40. The van der Waals surface area contributed by atoms with Crippen molar-refractivity contribution >= 4 is 5.97 Å². The minimum atomic E-state index is -0.839. The summed E-state index contributed by atoms with van der Waals surface area (Å²) in [7, 11) is 0. The van der Waals surface area contributed by atoms with Crippen molar-refractivity contribution in [3.63, 3.8) is 0 Å². The third-order valence-corrected chi connectivity index (χ3v) is 6.25. The predicted molar refractivity (Wildman–Crippen MR) is 137 cm³/mol. The van der Waals surface area contributed by atoms with Gasteiger partial charge in [0.2, 0.25) is 0 Å². The van der Waals surface area contributed by atoms with Crippen LogP contribution in [-0.4, -0.2) is 17.7 Å². The van der Waals surface area contributed by atoms with Gasteiger partial charge in [0.05, 0.1) is 18.4 Å². The first-order chi connectivity index (χ1) is 17.5. The molecule has 5 heteroatoms. The molecule has 0 aromatic heterocycles. The van der Waals surface area contributed by atoms with Crippen LogP contribution in [0.15, 0.2) is 103 Å². The number of aliphatic hydroxyl groups is 1. The van der Waals surface area contributed by atoms with Crippen LogP contribution in [0.5, 0.6) is 5.75 Å². The number of rotatable bonds is 6. The van der Waals surface area contributed by atoms with Gasteiger partial charge < -0.3 is 14.6 Å². The molecule has 1 unspecified atom stereocenters. The van der Waals surface area contributed by atoms with E-state index < -0.39 is 17.9 Å². The summed E-state index contributed by atoms with van der Waals surface area (Å²) in [5.41, 5.74) is 5.96. The molecule has 0 saturated heterocycles. The number of ether oxygens (including phenoxy) is 2. The molecule has 0 aliphatic carbocycles. The van der Waals surface area contributed by atoms with Crippen molar-refractivity contribution in [3.8, 4) is 28.0 Å². The lowest BCUT2D eigenvalue weighted by molar-refractivity contribution is 0.0527. The maximum absolute atomic E-state index is 14.0. The van der Waals surface area contributed by atoms with Gasteiger partial charge in [-0.1, -0.05) is 66.7 Å². The Morgan fingerprint density at radius 1 is 0.917 bits per heavy atom. The molecule has 0 spiro atoms. The van der Waals surface area contributed by atoms with Crippen molar-refractivity contribution in [2.75, 3.05) is 6.61 Å². The minimum Gasteiger partial charge on any atom is -0.465 e. The first-order valence-electron chi connectivity index (χ1n) is 11.8. The number of hydrogen-bond donors (Lipinski definition) is 1. The second kappa shape index (κ2) is 10.2. The average Bonchev–Trinajstić information content (AvgIpc) is 2.91. The second-order valence-corrected chi connectivity index (χ2v) is 8.62. The van der Waals surface area contributed by atoms with Gasteiger partial charge in [-0.25, -0.2) is 9.18 Å². The van der Waals surface area contributed by atoms with E-state index in [1.54, 1.807) is 31.4 Å². The van der Waals surface area contributed by atoms with Crippen LogP contribution in [0, 0.1) is 5.82 Å². The van der Waals surface area contributed by atoms with E-state index in [4.69, 9.17) is 9.47 Å². The summed E-state index contributed by atoms with van der Waals surface area (Å²) in [5, 5.41) is 11.1. The summed E-state index contributed by atoms with van der Waals surface area (Å²) in [4.78, 5) is 12.4. The van der Waals surface area contributed by atoms with Crippen molar-refractivity contribution in [1.82, 2.24) is 0 Å². The number of benzene rings is 4. The Bertz CT molecular complexity index is 1430. The molecular weight excluding hydrogens is 455 g/mol. The Kier molecular flexibility index (Phi) is 6.65. The largest absolute Gasteiger partial charge is 0.465 e. The van der Waals surface area contributed by atoms with Gasteiger partial charge in [0, 0.05) is 11.1 Å². The fourth-order valence-corrected chi connectivity index (χ4v) is 4.40. The van der Waals surface area contributed by atoms with E-state index in [2.05, 4.69) is 36.4 Å². The van der Waals surface area contributed by atoms with Gasteiger partial charge in [-0.05, 0) is 65.4 Å². The van der Waals surface area contributed by atoms with Gasteiger partial charge in [-0.2, -0.15) is 0 Å². The quantitative estimate of drug-likeness (QED) is 0.305. The third-order valence-electron chi connectivity index (χ3n) is 6.25. The first kappa shape index (κ1) is 23.5. The topological polar surface area (TPSA) is 55.8 Å². The molecule has 1 aliphatic rings. The molecule has 1 N–H and O–H groups in total. The molecule has 0 amide bonds. The zero-order valence-electron chi connectivity index (χ0n) is 19.8. The highest BCUT2D eigenvalue weighted by atomic mass is 19.1. The van der Waals surface area contributed by atoms with E-state index in [1.165, 1.54) is 18.2 Å². The smallest absolute Gasteiger partial charge is 0.338 e. The average molecular weight is 481 g/mol. The number of carbonyl (C=O) groups excluding carboxylic acids is 1. The third kappa shape index (κ3) is 4.79. The van der Waals surface area contributed by atoms with Gasteiger partial charge in [0.1, 0.15) is 17.7 Å². The van der Waals surface area contributed by atoms with Crippen LogP contribution >= 0.6 is 0 Å². The molecule has 4 aromatic rings. The number of hydrogen-bond acceptors (Lipinski definition) is 4. The monoisotopic (exact) mass is 480 g/mol. The van der Waals surface area contributed by atoms with Crippen LogP contribution in [0.2, 0.25) is 0 Å². The van der Waals surface area contributed by atoms with Gasteiger partial charge in [0.25, 0.3) is 0 Å². The molecule has 36 heavy (non-hydrogen) atoms. The predicted octanol–water partition coefficient (Wildman–Crippen LogP) is 6.89. The number of aliphatic hydroxyl groups excluding tert-OH is 1. The molecule has 4 aromatic carbocycles. The van der Waals surface area contributed by atoms with Crippen LogP contribution in [-0.2, 0) is 11.2 Å². The number of esters is 1. The fraction of sp³-hybridized carbons (Fsp3) is 0.129. The van der Waals surface area contributed by atoms with E-state index in [0.29, 0.717) is 28.9 Å². The van der Waals surface area contributed by atoms with Crippen molar-refractivity contribution in [1.29, 1.82) is 0 Å². The Hall–Kier alpha value is -4.22. The van der Waals surface area contributed by atoms with Crippen molar-refractivity contribution in [3.05, 3.63) is 125 Å². The Morgan fingerprint density at radius 2 is 1.64 bits per heavy atom. The van der Waals surface area contributed by atoms with Gasteiger partial charge in [-0.3, -0.25) is 0 Å². The molecule has 0 radical (unpaired) electrons. The van der Waals surface area contributed by atoms with Crippen LogP contribution in [0.25, 0.3) is 22.3 Å². The summed E-state index contributed by atoms with van der Waals surface area (Å²) in [5.74, 6) is -0.522. The Labute approximate surface area is 209 Å². The molecule has 1 aliphatic heterocycles. The lowest BCUT2D eigenvalue weighted by Gasteiger charge is -2.24. The van der Waals surface area contributed by atoms with Crippen LogP contribution in [0.4, 0.5) is 4.39 Å². The van der Waals surface area contributed by atoms with Crippen molar-refractivity contribution in [2.45, 2.75) is 19.4 Å². The molecule has 0 fully saturated rings. The zero-order chi connectivity index (χ0) is 25.1. The number of halogens is 1. The molecule has 0 saturated carbocycles. The molecule has 0 bridgehead atoms. The summed E-state index contributed by atoms with van der Waals surface area (Å²) in [6.45, 7) is 1.94. The minimum absolute atomic E-state index is 0.220. The molecule has 180 valence electrons. The highest BCUT2D eigenvalue weighted by Gasteiger charge is 2.24. The maximum atomic E-state index is 14.0. The molecule has 4 nitrogen and oxygen atoms in total. The van der Waals surface area contributed by atoms with E-state index in [9.17, 15) is 14.3 Å². The highest BCUT2D eigenvalue weighted by molar-refractivity contribution is 5.97. The van der Waals surface area contributed by atoms with Gasteiger partial charge in [0.15, 0.2) is 0 Å². The lowest BCUT2D eigenvalue weighted by atomic mass is 9.91. The summed E-state index contributed by atoms with van der Waals surface area (Å²) < 4.78 is 25.0. The summed E-state index contributed by atoms with van der Waals surface area (Å²) in [6.07, 6.45) is 1.27. The van der Waals surface area contributed by atoms with Crippen molar-refractivity contribution < 1.29 is 23.8 Å². The zero-order valence-corrected chi connectivity index (χ0v) is 19.8. The SMILES string of the molecule is CCOC(=O)c1ccc(F)cc1-c1ccc2c(c1)OC=C(Cc1ccc(-c3ccccc3)cc1)C2O. The van der Waals surface area contributed by atoms with Gasteiger partial charge >= 0.3 is 5.97 Å². The highest BCUT2D eigenvalue weighted by Crippen LogP contribution is 2.39. The lowest BCUT2D eigenvalue weighted by Crippen LogP contribution is -2.12. The summed E-state index contributed by atoms with van der Waals surface area (Å²) >= 11 is 0. The standard InChI is InChI=1S/C31H25FO4/c1-2-35-31(34)26-15-13-25(32)18-28(26)23-12-14-27-29(17-23)36-19-24(30(27)33)16-20-8-10-22(11-9-20)21-6-4-3-5-7-21/h3-15,17-19,30,33H,2,16H2,1H3. The van der Waals surface area contributed by atoms with E-state index in [1.807, 2.05) is 18.2 Å². The van der Waals surface area contributed by atoms with Crippen LogP contribution < -0.4 is 4.74 Å². The molecule has 5 rings (SSSR count). The second-order valence-electron chi connectivity index (χ2n) is 8.62. The normalized spacial score (nSPS) is 14.4. The number of carbonyl (C=O) groups is 1. The van der Waals surface area contributed by atoms with E-state index in [0.717, 1.165) is 22.3 Å². The molecule has 1 atom stereocenters. The van der Waals surface area contributed by atoms with Crippen molar-refractivity contribution in [2.24, 2.45) is 0 Å². The van der Waals surface area contributed by atoms with Crippen LogP contribution in [0.1, 0.15) is 34.5 Å².